The highest BCUT2D eigenvalue weighted by atomic mass is 16.2. The van der Waals surface area contributed by atoms with Crippen LogP contribution in [-0.2, 0) is 4.79 Å². The van der Waals surface area contributed by atoms with E-state index in [0.717, 1.165) is 12.8 Å². The predicted octanol–water partition coefficient (Wildman–Crippen LogP) is 6.14. The zero-order valence-corrected chi connectivity index (χ0v) is 18.5. The van der Waals surface area contributed by atoms with Crippen LogP contribution in [0.15, 0.2) is 30.3 Å². The number of nitrogens with one attached hydrogen (secondary N) is 1. The largest absolute Gasteiger partial charge is 0.368 e. The van der Waals surface area contributed by atoms with Gasteiger partial charge in [-0.2, -0.15) is 0 Å². The summed E-state index contributed by atoms with van der Waals surface area (Å²) in [5, 5.41) is 2.77. The minimum atomic E-state index is -0.583. The molecule has 1 aromatic carbocycles. The van der Waals surface area contributed by atoms with Crippen molar-refractivity contribution in [3.8, 4) is 0 Å². The van der Waals surface area contributed by atoms with Crippen molar-refractivity contribution in [3.63, 3.8) is 0 Å². The Morgan fingerprint density at radius 2 is 1.21 bits per heavy atom. The third kappa shape index (κ3) is 13.1. The van der Waals surface area contributed by atoms with E-state index in [0.29, 0.717) is 12.0 Å². The highest BCUT2D eigenvalue weighted by Gasteiger charge is 2.18. The van der Waals surface area contributed by atoms with Gasteiger partial charge in [-0.15, -0.1) is 0 Å². The summed E-state index contributed by atoms with van der Waals surface area (Å²) < 4.78 is 0. The maximum Gasteiger partial charge on any atom is 0.251 e. The molecule has 1 atom stereocenters. The first kappa shape index (κ1) is 25.2. The average Bonchev–Trinajstić information content (AvgIpc) is 2.73. The number of rotatable bonds is 18. The molecule has 0 bridgehead atoms. The third-order valence-electron chi connectivity index (χ3n) is 5.53. The monoisotopic (exact) mass is 402 g/mol. The van der Waals surface area contributed by atoms with E-state index in [4.69, 9.17) is 5.73 Å². The zero-order chi connectivity index (χ0) is 21.2. The van der Waals surface area contributed by atoms with Crippen molar-refractivity contribution in [2.75, 3.05) is 0 Å². The number of unbranched alkanes of at least 4 members (excludes halogenated alkanes) is 13. The molecule has 0 aliphatic carbocycles. The van der Waals surface area contributed by atoms with E-state index in [2.05, 4.69) is 12.2 Å². The smallest absolute Gasteiger partial charge is 0.251 e. The summed E-state index contributed by atoms with van der Waals surface area (Å²) >= 11 is 0. The quantitative estimate of drug-likeness (QED) is 0.289. The zero-order valence-electron chi connectivity index (χ0n) is 18.5. The van der Waals surface area contributed by atoms with Crippen molar-refractivity contribution in [2.24, 2.45) is 5.73 Å². The molecular formula is C25H42N2O2. The van der Waals surface area contributed by atoms with Gasteiger partial charge in [-0.1, -0.05) is 115 Å². The highest BCUT2D eigenvalue weighted by molar-refractivity contribution is 5.97. The van der Waals surface area contributed by atoms with Crippen molar-refractivity contribution in [1.29, 1.82) is 0 Å². The van der Waals surface area contributed by atoms with Crippen LogP contribution < -0.4 is 11.1 Å². The van der Waals surface area contributed by atoms with E-state index >= 15 is 0 Å². The van der Waals surface area contributed by atoms with Gasteiger partial charge in [0.15, 0.2) is 0 Å². The topological polar surface area (TPSA) is 72.2 Å². The summed E-state index contributed by atoms with van der Waals surface area (Å²) in [6, 6.07) is 8.36. The van der Waals surface area contributed by atoms with Gasteiger partial charge in [-0.25, -0.2) is 0 Å². The normalized spacial score (nSPS) is 11.9. The molecule has 0 radical (unpaired) electrons. The van der Waals surface area contributed by atoms with E-state index in [1.54, 1.807) is 12.1 Å². The molecule has 29 heavy (non-hydrogen) atoms. The fourth-order valence-electron chi connectivity index (χ4n) is 3.66. The van der Waals surface area contributed by atoms with Crippen LogP contribution in [0.5, 0.6) is 0 Å². The van der Waals surface area contributed by atoms with Crippen LogP contribution in [0.25, 0.3) is 0 Å². The van der Waals surface area contributed by atoms with E-state index in [1.807, 2.05) is 18.2 Å². The summed E-state index contributed by atoms with van der Waals surface area (Å²) in [7, 11) is 0. The second-order valence-electron chi connectivity index (χ2n) is 8.18. The number of carbonyl (C=O) groups excluding carboxylic acids is 2. The fraction of sp³-hybridized carbons (Fsp3) is 0.680. The lowest BCUT2D eigenvalue weighted by Gasteiger charge is -2.15. The minimum absolute atomic E-state index is 0.236. The van der Waals surface area contributed by atoms with Crippen LogP contribution in [0.2, 0.25) is 0 Å². The second-order valence-corrected chi connectivity index (χ2v) is 8.18. The average molecular weight is 403 g/mol. The van der Waals surface area contributed by atoms with Crippen LogP contribution in [0.1, 0.15) is 114 Å². The number of hydrogen-bond donors (Lipinski definition) is 2. The molecule has 3 N–H and O–H groups in total. The molecule has 0 saturated heterocycles. The molecule has 4 heteroatoms. The molecular weight excluding hydrogens is 360 g/mol. The Morgan fingerprint density at radius 3 is 1.66 bits per heavy atom. The number of amides is 2. The third-order valence-corrected chi connectivity index (χ3v) is 5.53. The molecule has 1 unspecified atom stereocenters. The van der Waals surface area contributed by atoms with Crippen LogP contribution >= 0.6 is 0 Å². The van der Waals surface area contributed by atoms with Gasteiger partial charge in [-0.3, -0.25) is 9.59 Å². The summed E-state index contributed by atoms with van der Waals surface area (Å²) in [5.41, 5.74) is 6.02. The molecule has 0 fully saturated rings. The molecule has 4 nitrogen and oxygen atoms in total. The van der Waals surface area contributed by atoms with Gasteiger partial charge in [0.1, 0.15) is 6.04 Å². The Labute approximate surface area is 178 Å². The van der Waals surface area contributed by atoms with Crippen LogP contribution in [-0.4, -0.2) is 17.9 Å². The molecule has 0 saturated carbocycles. The van der Waals surface area contributed by atoms with E-state index in [9.17, 15) is 9.59 Å². The highest BCUT2D eigenvalue weighted by Crippen LogP contribution is 2.14. The van der Waals surface area contributed by atoms with Crippen molar-refractivity contribution < 1.29 is 9.59 Å². The first-order valence-corrected chi connectivity index (χ1v) is 11.8. The summed E-state index contributed by atoms with van der Waals surface area (Å²) in [6.45, 7) is 2.26. The first-order chi connectivity index (χ1) is 14.1. The van der Waals surface area contributed by atoms with Gasteiger partial charge >= 0.3 is 0 Å². The summed E-state index contributed by atoms with van der Waals surface area (Å²) in [6.07, 6.45) is 18.8. The van der Waals surface area contributed by atoms with Gasteiger partial charge < -0.3 is 11.1 Å². The number of hydrogen-bond acceptors (Lipinski definition) is 2. The summed E-state index contributed by atoms with van der Waals surface area (Å²) in [4.78, 5) is 23.8. The molecule has 0 spiro atoms. The van der Waals surface area contributed by atoms with Crippen molar-refractivity contribution >= 4 is 11.8 Å². The first-order valence-electron chi connectivity index (χ1n) is 11.8. The molecule has 0 aromatic heterocycles. The van der Waals surface area contributed by atoms with E-state index in [1.165, 1.54) is 77.0 Å². The van der Waals surface area contributed by atoms with Gasteiger partial charge in [0.2, 0.25) is 5.91 Å². The van der Waals surface area contributed by atoms with Gasteiger partial charge in [0.25, 0.3) is 5.91 Å². The lowest BCUT2D eigenvalue weighted by molar-refractivity contribution is -0.120. The van der Waals surface area contributed by atoms with Gasteiger partial charge in [0, 0.05) is 5.56 Å². The molecule has 0 aliphatic rings. The van der Waals surface area contributed by atoms with Crippen LogP contribution in [0.4, 0.5) is 0 Å². The minimum Gasteiger partial charge on any atom is -0.368 e. The predicted molar refractivity (Wildman–Crippen MR) is 122 cm³/mol. The van der Waals surface area contributed by atoms with Crippen molar-refractivity contribution in [2.45, 2.75) is 109 Å². The van der Waals surface area contributed by atoms with E-state index < -0.39 is 11.9 Å². The summed E-state index contributed by atoms with van der Waals surface area (Å²) in [5.74, 6) is -0.691. The van der Waals surface area contributed by atoms with Crippen molar-refractivity contribution in [3.05, 3.63) is 35.9 Å². The van der Waals surface area contributed by atoms with Gasteiger partial charge in [0.05, 0.1) is 0 Å². The standard InChI is InChI=1S/C25H42N2O2/c1-2-3-4-5-6-7-8-9-10-11-12-13-14-18-21-23(24(26)28)27-25(29)22-19-16-15-17-20-22/h15-17,19-20,23H,2-14,18,21H2,1H3,(H2,26,28)(H,27,29). The Kier molecular flexibility index (Phi) is 14.8. The Morgan fingerprint density at radius 1 is 0.759 bits per heavy atom. The molecule has 2 amide bonds. The second kappa shape index (κ2) is 17.1. The molecule has 1 aromatic rings. The molecule has 164 valence electrons. The SMILES string of the molecule is CCCCCCCCCCCCCCCCC(NC(=O)c1ccccc1)C(N)=O. The lowest BCUT2D eigenvalue weighted by Crippen LogP contribution is -2.44. The Bertz CT molecular complexity index is 545. The van der Waals surface area contributed by atoms with Crippen LogP contribution in [0, 0.1) is 0 Å². The van der Waals surface area contributed by atoms with Crippen molar-refractivity contribution in [1.82, 2.24) is 5.32 Å². The number of benzene rings is 1. The number of primary amides is 1. The van der Waals surface area contributed by atoms with Gasteiger partial charge in [-0.05, 0) is 18.6 Å². The number of nitrogens with two attached hydrogens (primary N) is 1. The van der Waals surface area contributed by atoms with E-state index in [-0.39, 0.29) is 5.91 Å². The maximum absolute atomic E-state index is 12.2. The Hall–Kier alpha value is -1.84. The maximum atomic E-state index is 12.2. The number of carbonyl (C=O) groups is 2. The lowest BCUT2D eigenvalue weighted by atomic mass is 10.0. The van der Waals surface area contributed by atoms with Crippen LogP contribution in [0.3, 0.4) is 0 Å². The molecule has 1 rings (SSSR count). The fourth-order valence-corrected chi connectivity index (χ4v) is 3.66. The molecule has 0 aliphatic heterocycles. The molecule has 0 heterocycles. The Balaban J connectivity index is 2.00.